The van der Waals surface area contributed by atoms with Crippen molar-refractivity contribution < 1.29 is 14.2 Å². The van der Waals surface area contributed by atoms with Crippen LogP contribution in [-0.4, -0.2) is 35.8 Å². The fourth-order valence-electron chi connectivity index (χ4n) is 3.64. The van der Waals surface area contributed by atoms with Gasteiger partial charge < -0.3 is 25.3 Å². The van der Waals surface area contributed by atoms with E-state index < -0.39 is 0 Å². The van der Waals surface area contributed by atoms with Crippen LogP contribution in [0.25, 0.3) is 0 Å². The number of fused-ring (bicyclic) bond motifs is 2. The largest absolute Gasteiger partial charge is 0.497 e. The molecule has 1 aromatic heterocycles. The average molecular weight is 436 g/mol. The van der Waals surface area contributed by atoms with Gasteiger partial charge in [0, 0.05) is 6.42 Å². The molecule has 1 atom stereocenters. The summed E-state index contributed by atoms with van der Waals surface area (Å²) in [6.45, 7) is 0.235. The predicted octanol–water partition coefficient (Wildman–Crippen LogP) is 4.20. The maximum Gasteiger partial charge on any atom is 0.231 e. The predicted molar refractivity (Wildman–Crippen MR) is 121 cm³/mol. The number of benzene rings is 2. The Hall–Kier alpha value is -3.46. The molecule has 0 bridgehead atoms. The molecule has 0 amide bonds. The number of nitrogens with zero attached hydrogens (tertiary/aromatic N) is 3. The first-order valence-electron chi connectivity index (χ1n) is 9.74. The van der Waals surface area contributed by atoms with E-state index in [4.69, 9.17) is 24.9 Å². The molecular weight excluding hydrogens is 414 g/mol. The van der Waals surface area contributed by atoms with Crippen LogP contribution in [0.15, 0.2) is 52.6 Å². The Bertz CT molecular complexity index is 1170. The lowest BCUT2D eigenvalue weighted by atomic mass is 9.97. The van der Waals surface area contributed by atoms with Crippen LogP contribution < -0.4 is 25.3 Å². The van der Waals surface area contributed by atoms with Gasteiger partial charge in [-0.1, -0.05) is 17.8 Å². The van der Waals surface area contributed by atoms with Crippen LogP contribution >= 0.6 is 11.8 Å². The molecule has 31 heavy (non-hydrogen) atoms. The van der Waals surface area contributed by atoms with E-state index in [-0.39, 0.29) is 12.8 Å². The fraction of sp³-hybridized carbons (Fsp3) is 0.227. The topological polar surface area (TPSA) is 104 Å². The second-order valence-corrected chi connectivity index (χ2v) is 7.87. The summed E-state index contributed by atoms with van der Waals surface area (Å²) in [7, 11) is 1.65. The van der Waals surface area contributed by atoms with Gasteiger partial charge in [0.15, 0.2) is 28.3 Å². The summed E-state index contributed by atoms with van der Waals surface area (Å²) in [6.07, 6.45) is 2.54. The third-order valence-corrected chi connectivity index (χ3v) is 5.80. The molecule has 0 fully saturated rings. The van der Waals surface area contributed by atoms with Gasteiger partial charge in [0.25, 0.3) is 0 Å². The van der Waals surface area contributed by atoms with E-state index in [1.807, 2.05) is 48.7 Å². The van der Waals surface area contributed by atoms with Crippen molar-refractivity contribution in [2.45, 2.75) is 17.6 Å². The van der Waals surface area contributed by atoms with Crippen molar-refractivity contribution in [1.29, 1.82) is 0 Å². The molecule has 2 aromatic carbocycles. The number of thioether (sulfide) groups is 1. The van der Waals surface area contributed by atoms with Crippen LogP contribution in [0, 0.1) is 0 Å². The molecule has 0 aliphatic carbocycles. The molecule has 2 aliphatic heterocycles. The van der Waals surface area contributed by atoms with Crippen molar-refractivity contribution in [3.05, 3.63) is 53.6 Å². The number of aromatic nitrogens is 2. The highest BCUT2D eigenvalue weighted by Gasteiger charge is 2.26. The number of methoxy groups -OCH3 is 1. The molecule has 9 heteroatoms. The number of nitrogens with two attached hydrogens (primary N) is 1. The minimum absolute atomic E-state index is 0.0967. The van der Waals surface area contributed by atoms with Gasteiger partial charge in [-0.2, -0.15) is 0 Å². The van der Waals surface area contributed by atoms with Gasteiger partial charge in [-0.3, -0.25) is 0 Å². The zero-order chi connectivity index (χ0) is 21.4. The number of ether oxygens (including phenoxy) is 3. The minimum Gasteiger partial charge on any atom is -0.497 e. The number of hydrogen-bond acceptors (Lipinski definition) is 9. The van der Waals surface area contributed by atoms with Gasteiger partial charge >= 0.3 is 0 Å². The molecule has 3 N–H and O–H groups in total. The Morgan fingerprint density at radius 3 is 2.68 bits per heavy atom. The van der Waals surface area contributed by atoms with E-state index in [9.17, 15) is 0 Å². The van der Waals surface area contributed by atoms with E-state index in [2.05, 4.69) is 15.3 Å². The summed E-state index contributed by atoms with van der Waals surface area (Å²) >= 11 is 1.44. The smallest absolute Gasteiger partial charge is 0.231 e. The highest BCUT2D eigenvalue weighted by molar-refractivity contribution is 7.98. The van der Waals surface area contributed by atoms with Gasteiger partial charge in [-0.15, -0.1) is 0 Å². The zero-order valence-electron chi connectivity index (χ0n) is 17.1. The second kappa shape index (κ2) is 7.99. The second-order valence-electron chi connectivity index (χ2n) is 7.09. The highest BCUT2D eigenvalue weighted by atomic mass is 32.2. The van der Waals surface area contributed by atoms with Gasteiger partial charge in [0.1, 0.15) is 11.4 Å². The normalized spacial score (nSPS) is 16.7. The Kier molecular flexibility index (Phi) is 5.03. The lowest BCUT2D eigenvalue weighted by Gasteiger charge is -2.19. The first kappa shape index (κ1) is 19.5. The van der Waals surface area contributed by atoms with Gasteiger partial charge in [-0.25, -0.2) is 15.0 Å². The molecule has 0 saturated carbocycles. The standard InChI is InChI=1S/C22H21N5O3S/c1-28-14-6-3-12(4-7-14)15-10-16(13-5-8-17-18(9-13)30-11-29-17)25-21-19(24-15)20(23)26-22(27-21)31-2/h3-9,16H,10-11H2,1-2H3,(H3,23,25,26,27). The summed E-state index contributed by atoms with van der Waals surface area (Å²) < 4.78 is 16.3. The van der Waals surface area contributed by atoms with Crippen LogP contribution in [0.1, 0.15) is 23.6 Å². The first-order chi connectivity index (χ1) is 15.1. The maximum atomic E-state index is 6.26. The van der Waals surface area contributed by atoms with Gasteiger partial charge in [-0.05, 0) is 53.8 Å². The van der Waals surface area contributed by atoms with E-state index >= 15 is 0 Å². The van der Waals surface area contributed by atoms with Crippen molar-refractivity contribution >= 4 is 34.8 Å². The number of nitrogen functional groups attached to an aromatic ring is 1. The summed E-state index contributed by atoms with van der Waals surface area (Å²) in [6, 6.07) is 13.7. The third kappa shape index (κ3) is 3.72. The maximum absolute atomic E-state index is 6.26. The SMILES string of the molecule is COc1ccc(C2=Nc3c(N)nc(SC)nc3NC(c3ccc4c(c3)OCO4)C2)cc1. The van der Waals surface area contributed by atoms with E-state index in [0.29, 0.717) is 28.9 Å². The first-order valence-corrected chi connectivity index (χ1v) is 11.0. The van der Waals surface area contributed by atoms with Crippen LogP contribution in [0.2, 0.25) is 0 Å². The monoisotopic (exact) mass is 435 g/mol. The third-order valence-electron chi connectivity index (χ3n) is 5.25. The summed E-state index contributed by atoms with van der Waals surface area (Å²) in [5.41, 5.74) is 9.71. The van der Waals surface area contributed by atoms with Crippen LogP contribution in [-0.2, 0) is 0 Å². The van der Waals surface area contributed by atoms with Crippen molar-refractivity contribution in [3.8, 4) is 17.2 Å². The molecule has 0 radical (unpaired) electrons. The van der Waals surface area contributed by atoms with E-state index in [1.54, 1.807) is 7.11 Å². The lowest BCUT2D eigenvalue weighted by Crippen LogP contribution is -2.15. The van der Waals surface area contributed by atoms with Crippen LogP contribution in [0.3, 0.4) is 0 Å². The van der Waals surface area contributed by atoms with Gasteiger partial charge in [0.2, 0.25) is 6.79 Å². The molecule has 0 spiro atoms. The number of rotatable bonds is 4. The van der Waals surface area contributed by atoms with Gasteiger partial charge in [0.05, 0.1) is 18.9 Å². The molecular formula is C22H21N5O3S. The average Bonchev–Trinajstić information content (AvgIpc) is 3.18. The number of hydrogen-bond donors (Lipinski definition) is 2. The minimum atomic E-state index is -0.0967. The molecule has 3 heterocycles. The summed E-state index contributed by atoms with van der Waals surface area (Å²) in [4.78, 5) is 13.9. The highest BCUT2D eigenvalue weighted by Crippen LogP contribution is 2.41. The fourth-order valence-corrected chi connectivity index (χ4v) is 4.01. The molecule has 8 nitrogen and oxygen atoms in total. The molecule has 158 valence electrons. The molecule has 0 saturated heterocycles. The number of nitrogens with one attached hydrogen (secondary N) is 1. The Morgan fingerprint density at radius 1 is 1.10 bits per heavy atom. The Balaban J connectivity index is 1.61. The van der Waals surface area contributed by atoms with Crippen molar-refractivity contribution in [1.82, 2.24) is 9.97 Å². The molecule has 3 aromatic rings. The molecule has 2 aliphatic rings. The molecule has 5 rings (SSSR count). The molecule has 1 unspecified atom stereocenters. The summed E-state index contributed by atoms with van der Waals surface area (Å²) in [5, 5.41) is 4.12. The quantitative estimate of drug-likeness (QED) is 0.464. The number of aliphatic imine (C=N–C) groups is 1. The van der Waals surface area contributed by atoms with Crippen molar-refractivity contribution in [2.75, 3.05) is 31.2 Å². The van der Waals surface area contributed by atoms with E-state index in [0.717, 1.165) is 34.1 Å². The summed E-state index contributed by atoms with van der Waals surface area (Å²) in [5.74, 6) is 3.23. The van der Waals surface area contributed by atoms with Crippen LogP contribution in [0.5, 0.6) is 17.2 Å². The van der Waals surface area contributed by atoms with Crippen LogP contribution in [0.4, 0.5) is 17.3 Å². The Morgan fingerprint density at radius 2 is 1.90 bits per heavy atom. The Labute approximate surface area is 183 Å². The lowest BCUT2D eigenvalue weighted by molar-refractivity contribution is 0.174. The van der Waals surface area contributed by atoms with Crippen molar-refractivity contribution in [2.24, 2.45) is 4.99 Å². The number of anilines is 2. The zero-order valence-corrected chi connectivity index (χ0v) is 17.9. The van der Waals surface area contributed by atoms with E-state index in [1.165, 1.54) is 11.8 Å². The van der Waals surface area contributed by atoms with Crippen molar-refractivity contribution in [3.63, 3.8) is 0 Å².